The van der Waals surface area contributed by atoms with Crippen molar-refractivity contribution in [3.63, 3.8) is 0 Å². The number of rotatable bonds is 7. The largest absolute Gasteiger partial charge is 0.372 e. The molecular formula is C21H36N4. The molecule has 1 N–H and O–H groups in total. The molecule has 0 spiro atoms. The smallest absolute Gasteiger partial charge is 0.0476 e. The summed E-state index contributed by atoms with van der Waals surface area (Å²) in [7, 11) is 0. The summed E-state index contributed by atoms with van der Waals surface area (Å²) in [6, 6.07) is 10.5. The lowest BCUT2D eigenvalue weighted by Crippen LogP contribution is -2.52. The third-order valence-electron chi connectivity index (χ3n) is 5.88. The molecule has 1 aromatic rings. The van der Waals surface area contributed by atoms with E-state index in [2.05, 4.69) is 65.1 Å². The normalized spacial score (nSPS) is 23.7. The molecule has 0 aliphatic carbocycles. The third-order valence-corrected chi connectivity index (χ3v) is 5.88. The van der Waals surface area contributed by atoms with E-state index in [0.717, 1.165) is 32.7 Å². The Kier molecular flexibility index (Phi) is 6.74. The molecule has 0 saturated carbocycles. The molecule has 4 nitrogen and oxygen atoms in total. The van der Waals surface area contributed by atoms with E-state index >= 15 is 0 Å². The Hall–Kier alpha value is -1.10. The molecule has 2 aliphatic rings. The predicted molar refractivity (Wildman–Crippen MR) is 107 cm³/mol. The fourth-order valence-electron chi connectivity index (χ4n) is 4.38. The highest BCUT2D eigenvalue weighted by atomic mass is 15.3. The minimum atomic E-state index is 0.522. The monoisotopic (exact) mass is 344 g/mol. The summed E-state index contributed by atoms with van der Waals surface area (Å²) < 4.78 is 0. The SMILES string of the molecule is CCN(CC)c1ccc(C(CN2CCCC2)N2CCNC(C)C2)cc1. The zero-order chi connectivity index (χ0) is 17.6. The zero-order valence-electron chi connectivity index (χ0n) is 16.4. The van der Waals surface area contributed by atoms with E-state index in [9.17, 15) is 0 Å². The summed E-state index contributed by atoms with van der Waals surface area (Å²) >= 11 is 0. The second-order valence-corrected chi connectivity index (χ2v) is 7.64. The lowest BCUT2D eigenvalue weighted by atomic mass is 10.0. The molecule has 140 valence electrons. The summed E-state index contributed by atoms with van der Waals surface area (Å²) in [5, 5.41) is 3.59. The van der Waals surface area contributed by atoms with Gasteiger partial charge in [0.1, 0.15) is 0 Å². The maximum Gasteiger partial charge on any atom is 0.0476 e. The van der Waals surface area contributed by atoms with Gasteiger partial charge < -0.3 is 15.1 Å². The number of nitrogens with zero attached hydrogens (tertiary/aromatic N) is 3. The highest BCUT2D eigenvalue weighted by Crippen LogP contribution is 2.27. The minimum Gasteiger partial charge on any atom is -0.372 e. The highest BCUT2D eigenvalue weighted by molar-refractivity contribution is 5.48. The highest BCUT2D eigenvalue weighted by Gasteiger charge is 2.27. The zero-order valence-corrected chi connectivity index (χ0v) is 16.4. The van der Waals surface area contributed by atoms with Crippen LogP contribution >= 0.6 is 0 Å². The van der Waals surface area contributed by atoms with Crippen LogP contribution in [-0.2, 0) is 0 Å². The van der Waals surface area contributed by atoms with E-state index in [1.54, 1.807) is 0 Å². The summed E-state index contributed by atoms with van der Waals surface area (Å²) in [5.41, 5.74) is 2.83. The Balaban J connectivity index is 1.77. The standard InChI is InChI=1S/C21H36N4/c1-4-24(5-2)20-10-8-19(9-11-20)21(17-23-13-6-7-14-23)25-15-12-22-18(3)16-25/h8-11,18,21-22H,4-7,12-17H2,1-3H3. The molecule has 2 heterocycles. The molecule has 2 unspecified atom stereocenters. The van der Waals surface area contributed by atoms with Crippen LogP contribution in [0.4, 0.5) is 5.69 Å². The molecule has 0 bridgehead atoms. The molecule has 4 heteroatoms. The molecule has 2 saturated heterocycles. The number of piperazine rings is 1. The van der Waals surface area contributed by atoms with Gasteiger partial charge in [-0.15, -0.1) is 0 Å². The van der Waals surface area contributed by atoms with Crippen LogP contribution in [0.3, 0.4) is 0 Å². The molecule has 3 rings (SSSR count). The lowest BCUT2D eigenvalue weighted by molar-refractivity contribution is 0.117. The van der Waals surface area contributed by atoms with Crippen LogP contribution in [-0.4, -0.2) is 68.2 Å². The third kappa shape index (κ3) is 4.75. The number of anilines is 1. The average molecular weight is 345 g/mol. The van der Waals surface area contributed by atoms with Gasteiger partial charge in [0, 0.05) is 57.0 Å². The number of likely N-dealkylation sites (tertiary alicyclic amines) is 1. The van der Waals surface area contributed by atoms with Crippen molar-refractivity contribution in [1.29, 1.82) is 0 Å². The van der Waals surface area contributed by atoms with E-state index in [4.69, 9.17) is 0 Å². The van der Waals surface area contributed by atoms with Crippen LogP contribution in [0.25, 0.3) is 0 Å². The fraction of sp³-hybridized carbons (Fsp3) is 0.714. The predicted octanol–water partition coefficient (Wildman–Crippen LogP) is 2.96. The van der Waals surface area contributed by atoms with Crippen molar-refractivity contribution >= 4 is 5.69 Å². The van der Waals surface area contributed by atoms with Crippen LogP contribution in [0.15, 0.2) is 24.3 Å². The number of hydrogen-bond donors (Lipinski definition) is 1. The van der Waals surface area contributed by atoms with E-state index in [1.165, 1.54) is 43.7 Å². The Bertz CT molecular complexity index is 505. The Labute approximate surface area is 154 Å². The molecule has 2 atom stereocenters. The van der Waals surface area contributed by atoms with Crippen molar-refractivity contribution in [1.82, 2.24) is 15.1 Å². The molecule has 0 amide bonds. The maximum absolute atomic E-state index is 3.59. The van der Waals surface area contributed by atoms with Crippen molar-refractivity contribution in [2.45, 2.75) is 45.7 Å². The van der Waals surface area contributed by atoms with E-state index in [1.807, 2.05) is 0 Å². The second-order valence-electron chi connectivity index (χ2n) is 7.64. The Morgan fingerprint density at radius 3 is 2.36 bits per heavy atom. The number of nitrogens with one attached hydrogen (secondary N) is 1. The molecular weight excluding hydrogens is 308 g/mol. The number of hydrogen-bond acceptors (Lipinski definition) is 4. The van der Waals surface area contributed by atoms with Gasteiger partial charge in [-0.3, -0.25) is 4.90 Å². The van der Waals surface area contributed by atoms with E-state index in [-0.39, 0.29) is 0 Å². The topological polar surface area (TPSA) is 21.8 Å². The first-order valence-electron chi connectivity index (χ1n) is 10.3. The Morgan fingerprint density at radius 2 is 1.76 bits per heavy atom. The Morgan fingerprint density at radius 1 is 1.08 bits per heavy atom. The van der Waals surface area contributed by atoms with Crippen LogP contribution < -0.4 is 10.2 Å². The molecule has 0 radical (unpaired) electrons. The van der Waals surface area contributed by atoms with Crippen molar-refractivity contribution in [3.05, 3.63) is 29.8 Å². The van der Waals surface area contributed by atoms with Crippen LogP contribution in [0.1, 0.15) is 45.2 Å². The lowest BCUT2D eigenvalue weighted by Gasteiger charge is -2.39. The van der Waals surface area contributed by atoms with Crippen molar-refractivity contribution < 1.29 is 0 Å². The van der Waals surface area contributed by atoms with Gasteiger partial charge >= 0.3 is 0 Å². The van der Waals surface area contributed by atoms with Crippen LogP contribution in [0, 0.1) is 0 Å². The quantitative estimate of drug-likeness (QED) is 0.821. The fourth-order valence-corrected chi connectivity index (χ4v) is 4.38. The van der Waals surface area contributed by atoms with Crippen molar-refractivity contribution in [3.8, 4) is 0 Å². The first-order valence-corrected chi connectivity index (χ1v) is 10.3. The maximum atomic E-state index is 3.59. The van der Waals surface area contributed by atoms with Gasteiger partial charge in [0.15, 0.2) is 0 Å². The summed E-state index contributed by atoms with van der Waals surface area (Å²) in [6.45, 7) is 16.0. The molecule has 25 heavy (non-hydrogen) atoms. The summed E-state index contributed by atoms with van der Waals surface area (Å²) in [5.74, 6) is 0. The van der Waals surface area contributed by atoms with E-state index < -0.39 is 0 Å². The average Bonchev–Trinajstić information content (AvgIpc) is 3.15. The van der Waals surface area contributed by atoms with Gasteiger partial charge in [0.2, 0.25) is 0 Å². The first kappa shape index (κ1) is 18.7. The van der Waals surface area contributed by atoms with Crippen molar-refractivity contribution in [2.24, 2.45) is 0 Å². The van der Waals surface area contributed by atoms with Gasteiger partial charge in [-0.05, 0) is 64.4 Å². The van der Waals surface area contributed by atoms with Gasteiger partial charge in [-0.2, -0.15) is 0 Å². The first-order chi connectivity index (χ1) is 12.2. The minimum absolute atomic E-state index is 0.522. The number of benzene rings is 1. The van der Waals surface area contributed by atoms with E-state index in [0.29, 0.717) is 12.1 Å². The molecule has 1 aromatic carbocycles. The molecule has 2 fully saturated rings. The van der Waals surface area contributed by atoms with Gasteiger partial charge in [0.05, 0.1) is 0 Å². The van der Waals surface area contributed by atoms with Gasteiger partial charge in [-0.25, -0.2) is 0 Å². The van der Waals surface area contributed by atoms with Crippen molar-refractivity contribution in [2.75, 3.05) is 57.3 Å². The molecule has 2 aliphatic heterocycles. The van der Waals surface area contributed by atoms with Crippen LogP contribution in [0.5, 0.6) is 0 Å². The second kappa shape index (κ2) is 9.02. The van der Waals surface area contributed by atoms with Gasteiger partial charge in [0.25, 0.3) is 0 Å². The molecule has 0 aromatic heterocycles. The summed E-state index contributed by atoms with van der Waals surface area (Å²) in [6.07, 6.45) is 2.73. The van der Waals surface area contributed by atoms with Gasteiger partial charge in [-0.1, -0.05) is 12.1 Å². The summed E-state index contributed by atoms with van der Waals surface area (Å²) in [4.78, 5) is 7.79. The van der Waals surface area contributed by atoms with Crippen LogP contribution in [0.2, 0.25) is 0 Å².